The van der Waals surface area contributed by atoms with Crippen molar-refractivity contribution in [1.82, 2.24) is 4.31 Å². The lowest BCUT2D eigenvalue weighted by molar-refractivity contribution is -0.148. The Labute approximate surface area is 171 Å². The van der Waals surface area contributed by atoms with Gasteiger partial charge in [0.05, 0.1) is 4.90 Å². The van der Waals surface area contributed by atoms with E-state index >= 15 is 0 Å². The third-order valence-corrected chi connectivity index (χ3v) is 7.16. The maximum Gasteiger partial charge on any atom is 0.324 e. The molecule has 1 heterocycles. The first-order valence-corrected chi connectivity index (χ1v) is 11.1. The number of carbonyl (C=O) groups excluding carboxylic acids is 1. The average molecular weight is 410 g/mol. The van der Waals surface area contributed by atoms with Crippen molar-refractivity contribution in [3.05, 3.63) is 78.4 Å². The average Bonchev–Trinajstić information content (AvgIpc) is 3.15. The third-order valence-electron chi connectivity index (χ3n) is 5.29. The molecule has 0 unspecified atom stereocenters. The SMILES string of the molecule is C[C@@H]1C[C@@H](C(=O)OCc2ccccc2)N(S(=O)(=O)c2ccc3ccccc3c2)C1. The first-order chi connectivity index (χ1) is 13.9. The fourth-order valence-corrected chi connectivity index (χ4v) is 5.52. The Hall–Kier alpha value is -2.70. The molecule has 1 aliphatic rings. The molecule has 3 aromatic carbocycles. The van der Waals surface area contributed by atoms with Crippen LogP contribution in [-0.4, -0.2) is 31.3 Å². The fraction of sp³-hybridized carbons (Fsp3) is 0.261. The largest absolute Gasteiger partial charge is 0.460 e. The van der Waals surface area contributed by atoms with Crippen molar-refractivity contribution in [2.75, 3.05) is 6.54 Å². The summed E-state index contributed by atoms with van der Waals surface area (Å²) in [6.45, 7) is 2.39. The molecule has 150 valence electrons. The second kappa shape index (κ2) is 7.97. The first-order valence-electron chi connectivity index (χ1n) is 9.66. The molecule has 6 heteroatoms. The molecule has 0 amide bonds. The van der Waals surface area contributed by atoms with Gasteiger partial charge in [-0.2, -0.15) is 4.31 Å². The van der Waals surface area contributed by atoms with Crippen molar-refractivity contribution >= 4 is 26.8 Å². The summed E-state index contributed by atoms with van der Waals surface area (Å²) in [7, 11) is -3.81. The van der Waals surface area contributed by atoms with Crippen molar-refractivity contribution in [1.29, 1.82) is 0 Å². The van der Waals surface area contributed by atoms with Crippen LogP contribution >= 0.6 is 0 Å². The molecule has 3 aromatic rings. The number of sulfonamides is 1. The summed E-state index contributed by atoms with van der Waals surface area (Å²) >= 11 is 0. The summed E-state index contributed by atoms with van der Waals surface area (Å²) in [5, 5.41) is 1.82. The second-order valence-electron chi connectivity index (χ2n) is 7.53. The van der Waals surface area contributed by atoms with Gasteiger partial charge in [0, 0.05) is 6.54 Å². The first kappa shape index (κ1) is 19.6. The van der Waals surface area contributed by atoms with Gasteiger partial charge in [-0.15, -0.1) is 0 Å². The van der Waals surface area contributed by atoms with E-state index in [0.717, 1.165) is 16.3 Å². The number of hydrogen-bond donors (Lipinski definition) is 0. The van der Waals surface area contributed by atoms with E-state index < -0.39 is 22.0 Å². The highest BCUT2D eigenvalue weighted by molar-refractivity contribution is 7.89. The number of ether oxygens (including phenoxy) is 1. The minimum Gasteiger partial charge on any atom is -0.460 e. The summed E-state index contributed by atoms with van der Waals surface area (Å²) in [4.78, 5) is 12.9. The van der Waals surface area contributed by atoms with Gasteiger partial charge in [0.2, 0.25) is 10.0 Å². The van der Waals surface area contributed by atoms with Crippen LogP contribution in [0.25, 0.3) is 10.8 Å². The van der Waals surface area contributed by atoms with Crippen molar-refractivity contribution in [2.45, 2.75) is 30.9 Å². The molecule has 0 bridgehead atoms. The molecule has 0 radical (unpaired) electrons. The van der Waals surface area contributed by atoms with Crippen molar-refractivity contribution in [3.8, 4) is 0 Å². The van der Waals surface area contributed by atoms with E-state index in [4.69, 9.17) is 4.74 Å². The second-order valence-corrected chi connectivity index (χ2v) is 9.42. The van der Waals surface area contributed by atoms with Crippen LogP contribution in [-0.2, 0) is 26.2 Å². The molecule has 1 aliphatic heterocycles. The number of esters is 1. The van der Waals surface area contributed by atoms with Gasteiger partial charge in [0.25, 0.3) is 0 Å². The molecule has 1 fully saturated rings. The lowest BCUT2D eigenvalue weighted by atomic mass is 10.1. The molecule has 0 saturated carbocycles. The van der Waals surface area contributed by atoms with E-state index in [0.29, 0.717) is 13.0 Å². The van der Waals surface area contributed by atoms with Crippen LogP contribution in [0, 0.1) is 5.92 Å². The molecule has 29 heavy (non-hydrogen) atoms. The number of rotatable bonds is 5. The zero-order chi connectivity index (χ0) is 20.4. The summed E-state index contributed by atoms with van der Waals surface area (Å²) in [5.74, 6) is -0.415. The molecule has 0 N–H and O–H groups in total. The third kappa shape index (κ3) is 4.04. The number of fused-ring (bicyclic) bond motifs is 1. The summed E-state index contributed by atoms with van der Waals surface area (Å²) < 4.78 is 33.4. The standard InChI is InChI=1S/C23H23NO4S/c1-17-13-22(23(25)28-16-18-7-3-2-4-8-18)24(15-17)29(26,27)21-12-11-19-9-5-6-10-20(19)14-21/h2-12,14,17,22H,13,15-16H2,1H3/t17-,22+/m1/s1. The van der Waals surface area contributed by atoms with Gasteiger partial charge in [-0.05, 0) is 40.8 Å². The molecular weight excluding hydrogens is 386 g/mol. The smallest absolute Gasteiger partial charge is 0.324 e. The monoisotopic (exact) mass is 409 g/mol. The van der Waals surface area contributed by atoms with Gasteiger partial charge in [-0.1, -0.05) is 67.6 Å². The van der Waals surface area contributed by atoms with Crippen molar-refractivity contribution in [3.63, 3.8) is 0 Å². The van der Waals surface area contributed by atoms with E-state index in [1.165, 1.54) is 4.31 Å². The number of benzene rings is 3. The Morgan fingerprint density at radius 2 is 1.69 bits per heavy atom. The van der Waals surface area contributed by atoms with E-state index in [1.807, 2.05) is 61.5 Å². The zero-order valence-corrected chi connectivity index (χ0v) is 17.0. The Morgan fingerprint density at radius 1 is 1.00 bits per heavy atom. The maximum absolute atomic E-state index is 13.3. The Kier molecular flexibility index (Phi) is 5.39. The van der Waals surface area contributed by atoms with Gasteiger partial charge in [-0.3, -0.25) is 4.79 Å². The van der Waals surface area contributed by atoms with E-state index in [2.05, 4.69) is 0 Å². The summed E-state index contributed by atoms with van der Waals surface area (Å²) in [6, 6.07) is 21.2. The van der Waals surface area contributed by atoms with E-state index in [9.17, 15) is 13.2 Å². The molecule has 0 aromatic heterocycles. The topological polar surface area (TPSA) is 63.7 Å². The Morgan fingerprint density at radius 3 is 2.45 bits per heavy atom. The zero-order valence-electron chi connectivity index (χ0n) is 16.2. The number of hydrogen-bond acceptors (Lipinski definition) is 4. The molecule has 5 nitrogen and oxygen atoms in total. The predicted octanol–water partition coefficient (Wildman–Crippen LogP) is 3.98. The lowest BCUT2D eigenvalue weighted by Crippen LogP contribution is -2.41. The molecular formula is C23H23NO4S. The molecule has 2 atom stereocenters. The van der Waals surface area contributed by atoms with Gasteiger partial charge in [0.15, 0.2) is 0 Å². The normalized spacial score (nSPS) is 20.0. The highest BCUT2D eigenvalue weighted by atomic mass is 32.2. The van der Waals surface area contributed by atoms with Crippen LogP contribution in [0.4, 0.5) is 0 Å². The van der Waals surface area contributed by atoms with Gasteiger partial charge in [-0.25, -0.2) is 8.42 Å². The highest BCUT2D eigenvalue weighted by Crippen LogP contribution is 2.31. The quantitative estimate of drug-likeness (QED) is 0.598. The highest BCUT2D eigenvalue weighted by Gasteiger charge is 2.43. The van der Waals surface area contributed by atoms with E-state index in [-0.39, 0.29) is 17.4 Å². The van der Waals surface area contributed by atoms with Crippen molar-refractivity contribution < 1.29 is 17.9 Å². The molecule has 4 rings (SSSR count). The molecule has 0 spiro atoms. The van der Waals surface area contributed by atoms with Crippen LogP contribution in [0.15, 0.2) is 77.7 Å². The fourth-order valence-electron chi connectivity index (χ4n) is 3.78. The van der Waals surface area contributed by atoms with Crippen molar-refractivity contribution in [2.24, 2.45) is 5.92 Å². The minimum atomic E-state index is -3.81. The molecule has 1 saturated heterocycles. The Balaban J connectivity index is 1.57. The van der Waals surface area contributed by atoms with Crippen LogP contribution in [0.1, 0.15) is 18.9 Å². The van der Waals surface area contributed by atoms with Gasteiger partial charge >= 0.3 is 5.97 Å². The van der Waals surface area contributed by atoms with Crippen LogP contribution < -0.4 is 0 Å². The summed E-state index contributed by atoms with van der Waals surface area (Å²) in [5.41, 5.74) is 0.871. The van der Waals surface area contributed by atoms with Gasteiger partial charge < -0.3 is 4.74 Å². The van der Waals surface area contributed by atoms with Crippen LogP contribution in [0.5, 0.6) is 0 Å². The lowest BCUT2D eigenvalue weighted by Gasteiger charge is -2.23. The van der Waals surface area contributed by atoms with E-state index in [1.54, 1.807) is 18.2 Å². The summed E-state index contributed by atoms with van der Waals surface area (Å²) in [6.07, 6.45) is 0.459. The maximum atomic E-state index is 13.3. The minimum absolute atomic E-state index is 0.0829. The predicted molar refractivity (Wildman–Crippen MR) is 112 cm³/mol. The Bertz CT molecular complexity index is 1130. The number of carbonyl (C=O) groups is 1. The van der Waals surface area contributed by atoms with Gasteiger partial charge in [0.1, 0.15) is 12.6 Å². The molecule has 0 aliphatic carbocycles. The number of nitrogens with zero attached hydrogens (tertiary/aromatic N) is 1. The van der Waals surface area contributed by atoms with Crippen LogP contribution in [0.2, 0.25) is 0 Å². The van der Waals surface area contributed by atoms with Crippen LogP contribution in [0.3, 0.4) is 0 Å².